The molecular weight excluding hydrogens is 739 g/mol. The Morgan fingerprint density at radius 3 is 2.20 bits per heavy atom. The summed E-state index contributed by atoms with van der Waals surface area (Å²) in [5, 5.41) is 2.58. The van der Waals surface area contributed by atoms with Gasteiger partial charge in [0.1, 0.15) is 0 Å². The monoisotopic (exact) mass is 778 g/mol. The molecule has 0 aliphatic rings. The van der Waals surface area contributed by atoms with Crippen molar-refractivity contribution in [2.24, 2.45) is 5.92 Å². The first-order valence-electron chi connectivity index (χ1n) is 15.7. The Bertz CT molecular complexity index is 2060. The van der Waals surface area contributed by atoms with Gasteiger partial charge in [-0.1, -0.05) is 92.9 Å². The minimum Gasteiger partial charge on any atom is -0.380 e. The number of hydrogen-bond acceptors (Lipinski definition) is 2. The van der Waals surface area contributed by atoms with Gasteiger partial charge in [0.15, 0.2) is 0 Å². The van der Waals surface area contributed by atoms with Crippen LogP contribution in [0.25, 0.3) is 55.4 Å². The Labute approximate surface area is 286 Å². The van der Waals surface area contributed by atoms with E-state index in [1.165, 1.54) is 44.1 Å². The van der Waals surface area contributed by atoms with Gasteiger partial charge < -0.3 is 9.55 Å². The predicted octanol–water partition coefficient (Wildman–Crippen LogP) is 10.8. The van der Waals surface area contributed by atoms with E-state index in [0.29, 0.717) is 5.92 Å². The van der Waals surface area contributed by atoms with E-state index < -0.39 is 0 Å². The normalized spacial score (nSPS) is 10.9. The summed E-state index contributed by atoms with van der Waals surface area (Å²) in [4.78, 5) is 9.30. The fourth-order valence-electron chi connectivity index (χ4n) is 6.00. The maximum atomic E-state index is 4.65. The van der Waals surface area contributed by atoms with Crippen LogP contribution in [0.2, 0.25) is 0 Å². The second-order valence-corrected chi connectivity index (χ2v) is 12.0. The smallest absolute Gasteiger partial charge is 0.0391 e. The van der Waals surface area contributed by atoms with Gasteiger partial charge in [-0.15, -0.1) is 41.5 Å². The summed E-state index contributed by atoms with van der Waals surface area (Å²) in [5.74, 6) is 0.572. The molecule has 0 atom stereocenters. The van der Waals surface area contributed by atoms with Crippen molar-refractivity contribution in [2.75, 3.05) is 0 Å². The van der Waals surface area contributed by atoms with E-state index in [9.17, 15) is 0 Å². The molecule has 233 valence electrons. The van der Waals surface area contributed by atoms with Crippen LogP contribution in [0.5, 0.6) is 0 Å². The van der Waals surface area contributed by atoms with Gasteiger partial charge in [-0.25, -0.2) is 0 Å². The Balaban J connectivity index is 0.000000179. The summed E-state index contributed by atoms with van der Waals surface area (Å²) in [6, 6.07) is 41.2. The number of aromatic nitrogens is 3. The van der Waals surface area contributed by atoms with Crippen molar-refractivity contribution in [3.05, 3.63) is 151 Å². The van der Waals surface area contributed by atoms with E-state index in [-0.39, 0.29) is 20.1 Å². The maximum absolute atomic E-state index is 4.65. The van der Waals surface area contributed by atoms with Crippen molar-refractivity contribution in [3.8, 4) is 33.6 Å². The van der Waals surface area contributed by atoms with Gasteiger partial charge >= 0.3 is 0 Å². The fourth-order valence-corrected chi connectivity index (χ4v) is 6.00. The molecule has 0 saturated heterocycles. The van der Waals surface area contributed by atoms with E-state index in [2.05, 4.69) is 134 Å². The van der Waals surface area contributed by atoms with Gasteiger partial charge in [0.05, 0.1) is 0 Å². The quantitative estimate of drug-likeness (QED) is 0.158. The van der Waals surface area contributed by atoms with Crippen LogP contribution in [0, 0.1) is 25.8 Å². The van der Waals surface area contributed by atoms with E-state index in [4.69, 9.17) is 0 Å². The number of para-hydroxylation sites is 1. The van der Waals surface area contributed by atoms with Crippen molar-refractivity contribution in [1.82, 2.24) is 14.5 Å². The molecule has 46 heavy (non-hydrogen) atoms. The van der Waals surface area contributed by atoms with Crippen molar-refractivity contribution in [2.45, 2.75) is 40.7 Å². The summed E-state index contributed by atoms with van der Waals surface area (Å²) < 4.78 is 2.43. The van der Waals surface area contributed by atoms with E-state index >= 15 is 0 Å². The van der Waals surface area contributed by atoms with Crippen LogP contribution in [0.3, 0.4) is 0 Å². The van der Waals surface area contributed by atoms with Crippen LogP contribution in [0.1, 0.15) is 37.5 Å². The average Bonchev–Trinajstić information content (AvgIpc) is 3.39. The number of aryl methyl sites for hydroxylation is 2. The van der Waals surface area contributed by atoms with Gasteiger partial charge in [0.25, 0.3) is 0 Å². The SMILES string of the molecule is Cc1ccc(-c2[c-]ccc3c4ccccc4n(CC(C)C)c23)nc1.[CH2-]c1ccccc1-c1cc(CC)c(-c2ccccc2)cn1.[Ir]. The second kappa shape index (κ2) is 14.7. The van der Waals surface area contributed by atoms with Gasteiger partial charge in [-0.05, 0) is 64.7 Å². The molecule has 0 bridgehead atoms. The van der Waals surface area contributed by atoms with Crippen LogP contribution < -0.4 is 0 Å². The third kappa shape index (κ3) is 6.84. The number of rotatable bonds is 6. The summed E-state index contributed by atoms with van der Waals surface area (Å²) in [6.07, 6.45) is 4.90. The molecule has 3 nitrogen and oxygen atoms in total. The second-order valence-electron chi connectivity index (χ2n) is 12.0. The van der Waals surface area contributed by atoms with Crippen LogP contribution in [-0.2, 0) is 33.1 Å². The van der Waals surface area contributed by atoms with E-state index in [1.54, 1.807) is 0 Å². The Kier molecular flexibility index (Phi) is 10.5. The third-order valence-electron chi connectivity index (χ3n) is 8.19. The minimum absolute atomic E-state index is 0. The van der Waals surface area contributed by atoms with Gasteiger partial charge in [0, 0.05) is 55.8 Å². The number of fused-ring (bicyclic) bond motifs is 3. The molecule has 3 aromatic heterocycles. The Morgan fingerprint density at radius 1 is 0.761 bits per heavy atom. The zero-order valence-corrected chi connectivity index (χ0v) is 29.3. The average molecular weight is 778 g/mol. The standard InChI is InChI=1S/C22H21N2.C20H18N.Ir/c1-15(2)14-24-21-10-5-4-7-17(21)18-8-6-9-19(22(18)24)20-12-11-16(3)13-23-20;1-3-16-13-20(18-12-8-7-9-15(18)2)21-14-19(16)17-10-5-4-6-11-17;/h4-8,10-13,15H,14H2,1-3H3;4-14H,2-3H2,1H3;/q2*-1;. The molecule has 0 amide bonds. The molecule has 0 aliphatic heterocycles. The zero-order valence-electron chi connectivity index (χ0n) is 26.9. The fraction of sp³-hybridized carbons (Fsp3) is 0.167. The van der Waals surface area contributed by atoms with Crippen LogP contribution in [0.4, 0.5) is 0 Å². The van der Waals surface area contributed by atoms with Crippen LogP contribution in [-0.4, -0.2) is 14.5 Å². The predicted molar refractivity (Wildman–Crippen MR) is 190 cm³/mol. The van der Waals surface area contributed by atoms with Crippen molar-refractivity contribution in [1.29, 1.82) is 0 Å². The molecule has 0 aliphatic carbocycles. The Hall–Kier alpha value is -4.50. The number of pyridine rings is 2. The third-order valence-corrected chi connectivity index (χ3v) is 8.19. The molecule has 1 radical (unpaired) electrons. The van der Waals surface area contributed by atoms with Gasteiger partial charge in [-0.3, -0.25) is 4.98 Å². The summed E-state index contributed by atoms with van der Waals surface area (Å²) in [5.41, 5.74) is 12.6. The minimum atomic E-state index is 0. The first kappa shape index (κ1) is 32.9. The number of nitrogens with zero attached hydrogens (tertiary/aromatic N) is 3. The molecule has 0 fully saturated rings. The first-order valence-corrected chi connectivity index (χ1v) is 15.7. The van der Waals surface area contributed by atoms with E-state index in [1.807, 2.05) is 42.7 Å². The molecular formula is C42H39IrN3-2. The first-order chi connectivity index (χ1) is 21.9. The molecule has 4 heteroatoms. The molecule has 0 N–H and O–H groups in total. The largest absolute Gasteiger partial charge is 0.380 e. The molecule has 3 heterocycles. The molecule has 0 saturated carbocycles. The molecule has 0 unspecified atom stereocenters. The van der Waals surface area contributed by atoms with Crippen LogP contribution in [0.15, 0.2) is 122 Å². The Morgan fingerprint density at radius 2 is 1.48 bits per heavy atom. The maximum Gasteiger partial charge on any atom is 0.0391 e. The number of hydrogen-bond donors (Lipinski definition) is 0. The molecule has 7 rings (SSSR count). The summed E-state index contributed by atoms with van der Waals surface area (Å²) in [6.45, 7) is 13.9. The zero-order chi connectivity index (χ0) is 31.3. The molecule has 7 aromatic rings. The molecule has 0 spiro atoms. The number of benzene rings is 4. The van der Waals surface area contributed by atoms with Crippen molar-refractivity contribution in [3.63, 3.8) is 0 Å². The molecule has 4 aromatic carbocycles. The van der Waals surface area contributed by atoms with Crippen molar-refractivity contribution < 1.29 is 20.1 Å². The van der Waals surface area contributed by atoms with E-state index in [0.717, 1.165) is 41.0 Å². The summed E-state index contributed by atoms with van der Waals surface area (Å²) in [7, 11) is 0. The van der Waals surface area contributed by atoms with Gasteiger partial charge in [0.2, 0.25) is 0 Å². The summed E-state index contributed by atoms with van der Waals surface area (Å²) >= 11 is 0. The van der Waals surface area contributed by atoms with Crippen molar-refractivity contribution >= 4 is 21.8 Å². The topological polar surface area (TPSA) is 30.7 Å². The van der Waals surface area contributed by atoms with Crippen LogP contribution >= 0.6 is 0 Å². The van der Waals surface area contributed by atoms with Gasteiger partial charge in [-0.2, -0.15) is 18.6 Å².